The fourth-order valence-corrected chi connectivity index (χ4v) is 4.45. The predicted molar refractivity (Wildman–Crippen MR) is 105 cm³/mol. The molecule has 0 aliphatic carbocycles. The number of hydrogen-bond acceptors (Lipinski definition) is 9. The van der Waals surface area contributed by atoms with Crippen molar-refractivity contribution in [2.24, 2.45) is 17.8 Å². The van der Waals surface area contributed by atoms with Gasteiger partial charge in [-0.1, -0.05) is 20.8 Å². The number of alkyl halides is 3. The third-order valence-corrected chi connectivity index (χ3v) is 6.45. The molecule has 15 heteroatoms. The first kappa shape index (κ1) is 25.1. The molecule has 1 saturated heterocycles. The number of halogens is 3. The standard InChI is InChI=1S/C19H17F3N2O9S/c1-8(2)12-13-9(3)15(33-34(30,31)19(20,21)22)14(23(13)16(12)25)18(27)32-17(26)10-4-6-11(7-5-10)24(28)29/h4-9,12-13H,1-3H3/t9-,12-,13-/m1/s1. The minimum Gasteiger partial charge on any atom is -0.384 e. The number of carbonyl (C=O) groups excluding carboxylic acids is 3. The number of fused-ring (bicyclic) bond motifs is 1. The van der Waals surface area contributed by atoms with Gasteiger partial charge in [-0.2, -0.15) is 21.6 Å². The van der Waals surface area contributed by atoms with Gasteiger partial charge in [-0.05, 0) is 18.1 Å². The Morgan fingerprint density at radius 2 is 1.71 bits per heavy atom. The van der Waals surface area contributed by atoms with E-state index in [1.165, 1.54) is 6.92 Å². The SMILES string of the molecule is CC(C)[C@H]1C(=O)N2C(C(=O)OC(=O)c3ccc([N+](=O)[O-])cc3)=C(OS(=O)(=O)C(F)(F)F)[C@H](C)[C@H]12. The molecule has 0 radical (unpaired) electrons. The van der Waals surface area contributed by atoms with Crippen molar-refractivity contribution in [2.75, 3.05) is 0 Å². The average molecular weight is 506 g/mol. The molecule has 0 N–H and O–H groups in total. The Labute approximate surface area is 190 Å². The van der Waals surface area contributed by atoms with Crippen LogP contribution in [0.4, 0.5) is 18.9 Å². The second-order valence-electron chi connectivity index (χ2n) is 7.93. The first-order chi connectivity index (χ1) is 15.6. The number of esters is 2. The highest BCUT2D eigenvalue weighted by molar-refractivity contribution is 7.87. The molecule has 0 spiro atoms. The first-order valence-electron chi connectivity index (χ1n) is 9.67. The molecule has 3 rings (SSSR count). The molecule has 2 aliphatic heterocycles. The smallest absolute Gasteiger partial charge is 0.384 e. The number of amides is 1. The number of hydrogen-bond donors (Lipinski definition) is 0. The predicted octanol–water partition coefficient (Wildman–Crippen LogP) is 2.49. The summed E-state index contributed by atoms with van der Waals surface area (Å²) < 4.78 is 70.9. The summed E-state index contributed by atoms with van der Waals surface area (Å²) >= 11 is 0. The van der Waals surface area contributed by atoms with Crippen LogP contribution in [0.2, 0.25) is 0 Å². The molecular formula is C19H17F3N2O9S. The van der Waals surface area contributed by atoms with E-state index >= 15 is 0 Å². The molecule has 1 aromatic rings. The number of carbonyl (C=O) groups is 3. The lowest BCUT2D eigenvalue weighted by Crippen LogP contribution is -2.62. The van der Waals surface area contributed by atoms with Gasteiger partial charge in [-0.3, -0.25) is 19.8 Å². The van der Waals surface area contributed by atoms with Gasteiger partial charge in [-0.25, -0.2) is 9.59 Å². The van der Waals surface area contributed by atoms with Crippen molar-refractivity contribution in [3.8, 4) is 0 Å². The summed E-state index contributed by atoms with van der Waals surface area (Å²) in [6.45, 7) is 4.60. The van der Waals surface area contributed by atoms with Crippen LogP contribution < -0.4 is 0 Å². The van der Waals surface area contributed by atoms with Gasteiger partial charge >= 0.3 is 27.6 Å². The number of nitro groups is 1. The van der Waals surface area contributed by atoms with Gasteiger partial charge in [0.25, 0.3) is 5.69 Å². The number of non-ortho nitro benzene ring substituents is 1. The van der Waals surface area contributed by atoms with Crippen LogP contribution in [0.1, 0.15) is 31.1 Å². The van der Waals surface area contributed by atoms with E-state index in [0.717, 1.165) is 29.2 Å². The Morgan fingerprint density at radius 3 is 2.18 bits per heavy atom. The Kier molecular flexibility index (Phi) is 6.19. The molecule has 2 aliphatic rings. The molecule has 0 bridgehead atoms. The lowest BCUT2D eigenvalue weighted by Gasteiger charge is -2.46. The minimum absolute atomic E-state index is 0.297. The molecule has 184 valence electrons. The van der Waals surface area contributed by atoms with Crippen molar-refractivity contribution in [1.82, 2.24) is 4.90 Å². The summed E-state index contributed by atoms with van der Waals surface area (Å²) in [4.78, 5) is 48.4. The molecule has 3 atom stereocenters. The Morgan fingerprint density at radius 1 is 1.15 bits per heavy atom. The number of rotatable bonds is 6. The third-order valence-electron chi connectivity index (χ3n) is 5.48. The summed E-state index contributed by atoms with van der Waals surface area (Å²) in [6.07, 6.45) is 0. The first-order valence-corrected chi connectivity index (χ1v) is 11.1. The monoisotopic (exact) mass is 506 g/mol. The number of nitrogens with zero attached hydrogens (tertiary/aromatic N) is 2. The van der Waals surface area contributed by atoms with Crippen molar-refractivity contribution >= 4 is 33.7 Å². The maximum Gasteiger partial charge on any atom is 0.534 e. The summed E-state index contributed by atoms with van der Waals surface area (Å²) in [5.74, 6) is -6.77. The molecule has 2 heterocycles. The molecule has 34 heavy (non-hydrogen) atoms. The number of nitro benzene ring substituents is 1. The summed E-state index contributed by atoms with van der Waals surface area (Å²) in [5.41, 5.74) is -7.43. The average Bonchev–Trinajstić information content (AvgIpc) is 2.95. The molecule has 0 aromatic heterocycles. The van der Waals surface area contributed by atoms with Gasteiger partial charge in [0, 0.05) is 18.1 Å². The Hall–Kier alpha value is -3.49. The summed E-state index contributed by atoms with van der Waals surface area (Å²) in [6, 6.07) is 2.95. The zero-order valence-electron chi connectivity index (χ0n) is 17.7. The van der Waals surface area contributed by atoms with Crippen LogP contribution in [0.5, 0.6) is 0 Å². The summed E-state index contributed by atoms with van der Waals surface area (Å²) in [7, 11) is -6.20. The molecule has 1 amide bonds. The van der Waals surface area contributed by atoms with E-state index in [9.17, 15) is 46.1 Å². The van der Waals surface area contributed by atoms with Crippen LogP contribution in [0, 0.1) is 27.9 Å². The van der Waals surface area contributed by atoms with Gasteiger partial charge in [-0.15, -0.1) is 0 Å². The highest BCUT2D eigenvalue weighted by atomic mass is 32.2. The highest BCUT2D eigenvalue weighted by Crippen LogP contribution is 2.50. The van der Waals surface area contributed by atoms with E-state index in [0.29, 0.717) is 0 Å². The summed E-state index contributed by atoms with van der Waals surface area (Å²) in [5, 5.41) is 10.7. The van der Waals surface area contributed by atoms with Crippen LogP contribution >= 0.6 is 0 Å². The topological polar surface area (TPSA) is 150 Å². The maximum absolute atomic E-state index is 12.9. The lowest BCUT2D eigenvalue weighted by atomic mass is 9.75. The zero-order chi connectivity index (χ0) is 25.7. The fourth-order valence-electron chi connectivity index (χ4n) is 3.89. The van der Waals surface area contributed by atoms with E-state index in [1.54, 1.807) is 13.8 Å². The van der Waals surface area contributed by atoms with Crippen molar-refractivity contribution in [3.05, 3.63) is 51.4 Å². The second kappa shape index (κ2) is 8.38. The number of β-lactam (4-membered cyclic amide) rings is 1. The van der Waals surface area contributed by atoms with E-state index < -0.39 is 67.7 Å². The molecule has 0 unspecified atom stereocenters. The minimum atomic E-state index is -6.20. The van der Waals surface area contributed by atoms with Gasteiger partial charge in [0.2, 0.25) is 5.91 Å². The molecular weight excluding hydrogens is 489 g/mol. The van der Waals surface area contributed by atoms with Gasteiger partial charge in [0.1, 0.15) is 0 Å². The van der Waals surface area contributed by atoms with Crippen LogP contribution in [0.3, 0.4) is 0 Å². The highest BCUT2D eigenvalue weighted by Gasteiger charge is 2.62. The molecule has 0 saturated carbocycles. The van der Waals surface area contributed by atoms with E-state index in [2.05, 4.69) is 8.92 Å². The van der Waals surface area contributed by atoms with Crippen LogP contribution in [-0.4, -0.2) is 47.6 Å². The van der Waals surface area contributed by atoms with Gasteiger partial charge < -0.3 is 8.92 Å². The Bertz CT molecular complexity index is 1210. The maximum atomic E-state index is 12.9. The zero-order valence-corrected chi connectivity index (χ0v) is 18.5. The molecule has 1 fully saturated rings. The van der Waals surface area contributed by atoms with E-state index in [-0.39, 0.29) is 17.2 Å². The fraction of sp³-hybridized carbons (Fsp3) is 0.421. The molecule has 1 aromatic carbocycles. The quantitative estimate of drug-likeness (QED) is 0.108. The number of ether oxygens (including phenoxy) is 1. The van der Waals surface area contributed by atoms with Crippen LogP contribution in [0.15, 0.2) is 35.7 Å². The Balaban J connectivity index is 1.97. The lowest BCUT2D eigenvalue weighted by molar-refractivity contribution is -0.384. The van der Waals surface area contributed by atoms with Crippen LogP contribution in [-0.2, 0) is 28.6 Å². The second-order valence-corrected chi connectivity index (χ2v) is 9.47. The number of benzene rings is 1. The normalized spacial score (nSPS) is 22.4. The van der Waals surface area contributed by atoms with Crippen molar-refractivity contribution in [3.63, 3.8) is 0 Å². The molecule has 11 nitrogen and oxygen atoms in total. The van der Waals surface area contributed by atoms with Crippen molar-refractivity contribution < 1.29 is 49.8 Å². The van der Waals surface area contributed by atoms with Gasteiger partial charge in [0.15, 0.2) is 11.5 Å². The van der Waals surface area contributed by atoms with Crippen LogP contribution in [0.25, 0.3) is 0 Å². The van der Waals surface area contributed by atoms with Gasteiger partial charge in [0.05, 0.1) is 22.4 Å². The third kappa shape index (κ3) is 4.10. The largest absolute Gasteiger partial charge is 0.534 e. The van der Waals surface area contributed by atoms with Crippen molar-refractivity contribution in [1.29, 1.82) is 0 Å². The van der Waals surface area contributed by atoms with Crippen molar-refractivity contribution in [2.45, 2.75) is 32.3 Å². The van der Waals surface area contributed by atoms with E-state index in [4.69, 9.17) is 0 Å². The van der Waals surface area contributed by atoms with E-state index in [1.807, 2.05) is 0 Å².